The third-order valence-electron chi connectivity index (χ3n) is 1.30. The van der Waals surface area contributed by atoms with Gasteiger partial charge in [-0.15, -0.1) is 0 Å². The maximum absolute atomic E-state index is 4.96. The first-order valence-corrected chi connectivity index (χ1v) is 3.05. The second kappa shape index (κ2) is 10.6. The van der Waals surface area contributed by atoms with Gasteiger partial charge >= 0.3 is 23.1 Å². The molecule has 0 radical (unpaired) electrons. The molecule has 0 saturated heterocycles. The van der Waals surface area contributed by atoms with Crippen LogP contribution in [0, 0.1) is 0 Å². The van der Waals surface area contributed by atoms with Gasteiger partial charge < -0.3 is 43.4 Å². The van der Waals surface area contributed by atoms with Gasteiger partial charge in [-0.25, -0.2) is 0 Å². The molecule has 2 nitrogen and oxygen atoms in total. The van der Waals surface area contributed by atoms with Crippen molar-refractivity contribution in [3.63, 3.8) is 0 Å². The van der Waals surface area contributed by atoms with Crippen LogP contribution >= 0.6 is 0 Å². The van der Waals surface area contributed by atoms with Gasteiger partial charge in [0.1, 0.15) is 11.5 Å². The molecule has 5 heteroatoms. The third-order valence-corrected chi connectivity index (χ3v) is 1.30. The average Bonchev–Trinajstić information content (AvgIpc) is 2.05. The van der Waals surface area contributed by atoms with Gasteiger partial charge in [0.15, 0.2) is 0 Å². The van der Waals surface area contributed by atoms with E-state index in [2.05, 4.69) is 0 Å². The molecule has 0 aromatic heterocycles. The monoisotopic (exact) mass is 320 g/mol. The first kappa shape index (κ1) is 19.2. The molecule has 1 rings (SSSR count). The van der Waals surface area contributed by atoms with E-state index in [9.17, 15) is 0 Å². The molecule has 1 aromatic carbocycles. The average molecular weight is 322 g/mol. The van der Waals surface area contributed by atoms with Gasteiger partial charge in [-0.3, -0.25) is 0 Å². The largest absolute Gasteiger partial charge is 2.00 e. The minimum atomic E-state index is 0. The fraction of sp³-hybridized carbons (Fsp3) is 0.250. The SMILES string of the molecule is COc1ccc(OC)cc1.[Br-].[Br-].[Mg+2]. The smallest absolute Gasteiger partial charge is 1.00 e. The summed E-state index contributed by atoms with van der Waals surface area (Å²) in [5, 5.41) is 0. The van der Waals surface area contributed by atoms with Crippen LogP contribution in [0.15, 0.2) is 24.3 Å². The summed E-state index contributed by atoms with van der Waals surface area (Å²) in [6, 6.07) is 7.44. The van der Waals surface area contributed by atoms with Crippen molar-refractivity contribution in [3.05, 3.63) is 24.3 Å². The maximum atomic E-state index is 4.96. The summed E-state index contributed by atoms with van der Waals surface area (Å²) in [7, 11) is 3.28. The van der Waals surface area contributed by atoms with E-state index in [0.717, 1.165) is 11.5 Å². The predicted molar refractivity (Wildman–Crippen MR) is 45.3 cm³/mol. The number of ether oxygens (including phenoxy) is 2. The molecule has 0 spiro atoms. The van der Waals surface area contributed by atoms with E-state index in [0.29, 0.717) is 0 Å². The van der Waals surface area contributed by atoms with Crippen molar-refractivity contribution in [3.8, 4) is 11.5 Å². The quantitative estimate of drug-likeness (QED) is 0.510. The zero-order valence-corrected chi connectivity index (χ0v) is 12.2. The van der Waals surface area contributed by atoms with E-state index < -0.39 is 0 Å². The molecule has 0 N–H and O–H groups in total. The van der Waals surface area contributed by atoms with E-state index in [1.165, 1.54) is 0 Å². The molecule has 0 saturated carbocycles. The summed E-state index contributed by atoms with van der Waals surface area (Å²) in [6.45, 7) is 0. The molecule has 70 valence electrons. The van der Waals surface area contributed by atoms with Gasteiger partial charge in [0.2, 0.25) is 0 Å². The second-order valence-corrected chi connectivity index (χ2v) is 1.88. The first-order chi connectivity index (χ1) is 4.86. The Labute approximate surface area is 116 Å². The molecular formula is C8H10Br2MgO2. The standard InChI is InChI=1S/C8H10O2.2BrH.Mg/c1-9-7-3-5-8(10-2)6-4-7;;;/h3-6H,1-2H3;2*1H;/q;;;+2/p-2. The Bertz CT molecular complexity index is 181. The molecule has 0 heterocycles. The number of methoxy groups -OCH3 is 2. The summed E-state index contributed by atoms with van der Waals surface area (Å²) in [5.41, 5.74) is 0. The normalized spacial score (nSPS) is 6.92. The van der Waals surface area contributed by atoms with Crippen molar-refractivity contribution in [2.24, 2.45) is 0 Å². The van der Waals surface area contributed by atoms with Gasteiger partial charge in [-0.1, -0.05) is 0 Å². The van der Waals surface area contributed by atoms with Crippen molar-refractivity contribution in [2.45, 2.75) is 0 Å². The van der Waals surface area contributed by atoms with Crippen LogP contribution in [0.25, 0.3) is 0 Å². The van der Waals surface area contributed by atoms with E-state index in [-0.39, 0.29) is 57.0 Å². The zero-order valence-electron chi connectivity index (χ0n) is 7.59. The zero-order chi connectivity index (χ0) is 7.40. The van der Waals surface area contributed by atoms with Crippen LogP contribution in [0.5, 0.6) is 11.5 Å². The maximum Gasteiger partial charge on any atom is 2.00 e. The molecule has 0 aliphatic rings. The molecule has 1 aromatic rings. The van der Waals surface area contributed by atoms with E-state index >= 15 is 0 Å². The van der Waals surface area contributed by atoms with E-state index in [1.807, 2.05) is 24.3 Å². The Balaban J connectivity index is -0.000000333. The molecule has 0 fully saturated rings. The van der Waals surface area contributed by atoms with Crippen LogP contribution in [0.2, 0.25) is 0 Å². The van der Waals surface area contributed by atoms with Gasteiger partial charge in [-0.05, 0) is 24.3 Å². The van der Waals surface area contributed by atoms with Crippen molar-refractivity contribution >= 4 is 23.1 Å². The number of halogens is 2. The number of benzene rings is 1. The van der Waals surface area contributed by atoms with Crippen molar-refractivity contribution in [1.29, 1.82) is 0 Å². The van der Waals surface area contributed by atoms with Gasteiger partial charge in [-0.2, -0.15) is 0 Å². The van der Waals surface area contributed by atoms with E-state index in [4.69, 9.17) is 9.47 Å². The molecule has 0 amide bonds. The summed E-state index contributed by atoms with van der Waals surface area (Å²) in [6.07, 6.45) is 0. The van der Waals surface area contributed by atoms with Crippen LogP contribution < -0.4 is 43.4 Å². The van der Waals surface area contributed by atoms with Crippen molar-refractivity contribution < 1.29 is 43.4 Å². The Hall–Kier alpha value is 0.546. The van der Waals surface area contributed by atoms with Gasteiger partial charge in [0.25, 0.3) is 0 Å². The van der Waals surface area contributed by atoms with Crippen LogP contribution in [-0.2, 0) is 0 Å². The van der Waals surface area contributed by atoms with Crippen LogP contribution in [0.1, 0.15) is 0 Å². The molecule has 0 aliphatic heterocycles. The minimum Gasteiger partial charge on any atom is -1.00 e. The van der Waals surface area contributed by atoms with Crippen molar-refractivity contribution in [1.82, 2.24) is 0 Å². The van der Waals surface area contributed by atoms with Crippen LogP contribution in [0.3, 0.4) is 0 Å². The molecular weight excluding hydrogens is 312 g/mol. The second-order valence-electron chi connectivity index (χ2n) is 1.88. The molecule has 0 bridgehead atoms. The third kappa shape index (κ3) is 6.59. The number of hydrogen-bond donors (Lipinski definition) is 0. The fourth-order valence-electron chi connectivity index (χ4n) is 0.712. The van der Waals surface area contributed by atoms with Crippen LogP contribution in [0.4, 0.5) is 0 Å². The Morgan fingerprint density at radius 3 is 1.15 bits per heavy atom. The molecule has 0 aliphatic carbocycles. The minimum absolute atomic E-state index is 0. The number of rotatable bonds is 2. The van der Waals surface area contributed by atoms with Gasteiger partial charge in [0, 0.05) is 0 Å². The fourth-order valence-corrected chi connectivity index (χ4v) is 0.712. The first-order valence-electron chi connectivity index (χ1n) is 3.05. The number of hydrogen-bond acceptors (Lipinski definition) is 2. The Morgan fingerprint density at radius 1 is 0.769 bits per heavy atom. The summed E-state index contributed by atoms with van der Waals surface area (Å²) < 4.78 is 9.92. The van der Waals surface area contributed by atoms with Crippen LogP contribution in [-0.4, -0.2) is 37.3 Å². The molecule has 0 atom stereocenters. The Morgan fingerprint density at radius 2 is 1.00 bits per heavy atom. The summed E-state index contributed by atoms with van der Waals surface area (Å²) in [5.74, 6) is 1.70. The molecule has 0 unspecified atom stereocenters. The van der Waals surface area contributed by atoms with E-state index in [1.54, 1.807) is 14.2 Å². The van der Waals surface area contributed by atoms with Gasteiger partial charge in [0.05, 0.1) is 14.2 Å². The topological polar surface area (TPSA) is 18.5 Å². The summed E-state index contributed by atoms with van der Waals surface area (Å²) >= 11 is 0. The Kier molecular flexibility index (Phi) is 15.7. The molecule has 13 heavy (non-hydrogen) atoms. The van der Waals surface area contributed by atoms with Crippen molar-refractivity contribution in [2.75, 3.05) is 14.2 Å². The summed E-state index contributed by atoms with van der Waals surface area (Å²) in [4.78, 5) is 0. The predicted octanol–water partition coefficient (Wildman–Crippen LogP) is -4.67.